The summed E-state index contributed by atoms with van der Waals surface area (Å²) < 4.78 is 0. The SMILES string of the molecule is CC(=O)Nc1ccc(NC(=O)[C@@H](C)N2CCc3n[nH]c(=O)cc3C2)cc1. The molecule has 0 saturated heterocycles. The summed E-state index contributed by atoms with van der Waals surface area (Å²) in [6.45, 7) is 4.49. The topological polar surface area (TPSA) is 107 Å². The average Bonchev–Trinajstić information content (AvgIpc) is 2.61. The third-order valence-corrected chi connectivity index (χ3v) is 4.39. The van der Waals surface area contributed by atoms with E-state index < -0.39 is 0 Å². The number of benzene rings is 1. The normalized spacial score (nSPS) is 15.0. The second-order valence-electron chi connectivity index (χ2n) is 6.35. The second kappa shape index (κ2) is 7.49. The molecule has 1 aliphatic rings. The lowest BCUT2D eigenvalue weighted by Gasteiger charge is -2.32. The molecule has 1 aromatic carbocycles. The van der Waals surface area contributed by atoms with E-state index >= 15 is 0 Å². The fraction of sp³-hybridized carbons (Fsp3) is 0.333. The Morgan fingerprint density at radius 3 is 2.50 bits per heavy atom. The summed E-state index contributed by atoms with van der Waals surface area (Å²) in [5, 5.41) is 12.1. The molecule has 3 N–H and O–H groups in total. The van der Waals surface area contributed by atoms with Gasteiger partial charge in [0.2, 0.25) is 11.8 Å². The summed E-state index contributed by atoms with van der Waals surface area (Å²) in [5.74, 6) is -0.271. The summed E-state index contributed by atoms with van der Waals surface area (Å²) in [7, 11) is 0. The Kier molecular flexibility index (Phi) is 5.13. The zero-order valence-electron chi connectivity index (χ0n) is 14.7. The Labute approximate surface area is 150 Å². The van der Waals surface area contributed by atoms with E-state index in [0.717, 1.165) is 11.3 Å². The number of carbonyl (C=O) groups is 2. The van der Waals surface area contributed by atoms with Crippen molar-refractivity contribution in [3.8, 4) is 0 Å². The third kappa shape index (κ3) is 4.15. The number of rotatable bonds is 4. The summed E-state index contributed by atoms with van der Waals surface area (Å²) in [5.41, 5.74) is 2.84. The van der Waals surface area contributed by atoms with Crippen molar-refractivity contribution in [3.63, 3.8) is 0 Å². The van der Waals surface area contributed by atoms with Gasteiger partial charge in [0.1, 0.15) is 0 Å². The first-order chi connectivity index (χ1) is 12.4. The van der Waals surface area contributed by atoms with Crippen LogP contribution >= 0.6 is 0 Å². The minimum absolute atomic E-state index is 0.126. The van der Waals surface area contributed by atoms with Gasteiger partial charge in [-0.3, -0.25) is 19.3 Å². The zero-order chi connectivity index (χ0) is 18.7. The van der Waals surface area contributed by atoms with Crippen LogP contribution in [0.15, 0.2) is 35.1 Å². The number of H-pyrrole nitrogens is 1. The molecule has 8 heteroatoms. The Hall–Kier alpha value is -3.00. The number of aromatic amines is 1. The highest BCUT2D eigenvalue weighted by molar-refractivity contribution is 5.95. The van der Waals surface area contributed by atoms with Crippen LogP contribution in [0.25, 0.3) is 0 Å². The number of amides is 2. The first kappa shape index (κ1) is 17.8. The van der Waals surface area contributed by atoms with Crippen LogP contribution in [0.2, 0.25) is 0 Å². The minimum Gasteiger partial charge on any atom is -0.326 e. The van der Waals surface area contributed by atoms with Crippen molar-refractivity contribution < 1.29 is 9.59 Å². The van der Waals surface area contributed by atoms with E-state index in [1.54, 1.807) is 30.3 Å². The predicted octanol–water partition coefficient (Wildman–Crippen LogP) is 1.11. The molecule has 2 heterocycles. The highest BCUT2D eigenvalue weighted by Crippen LogP contribution is 2.19. The van der Waals surface area contributed by atoms with Crippen molar-refractivity contribution in [2.75, 3.05) is 17.2 Å². The second-order valence-corrected chi connectivity index (χ2v) is 6.35. The Balaban J connectivity index is 1.63. The predicted molar refractivity (Wildman–Crippen MR) is 97.8 cm³/mol. The van der Waals surface area contributed by atoms with Gasteiger partial charge < -0.3 is 10.6 Å². The fourth-order valence-electron chi connectivity index (χ4n) is 2.95. The summed E-state index contributed by atoms with van der Waals surface area (Å²) in [6, 6.07) is 8.14. The number of nitrogens with one attached hydrogen (secondary N) is 3. The molecule has 0 bridgehead atoms. The standard InChI is InChI=1S/C18H21N5O3/c1-11(23-8-7-16-13(10-23)9-17(25)22-21-16)18(26)20-15-5-3-14(4-6-15)19-12(2)24/h3-6,9,11H,7-8,10H2,1-2H3,(H,19,24)(H,20,26)(H,22,25)/t11-/m1/s1. The molecule has 26 heavy (non-hydrogen) atoms. The Morgan fingerprint density at radius 1 is 1.19 bits per heavy atom. The molecule has 0 aliphatic carbocycles. The van der Waals surface area contributed by atoms with Crippen molar-refractivity contribution >= 4 is 23.2 Å². The van der Waals surface area contributed by atoms with E-state index in [0.29, 0.717) is 30.9 Å². The molecule has 0 spiro atoms. The van der Waals surface area contributed by atoms with E-state index in [4.69, 9.17) is 0 Å². The number of hydrogen-bond donors (Lipinski definition) is 3. The maximum absolute atomic E-state index is 12.5. The zero-order valence-corrected chi connectivity index (χ0v) is 14.7. The van der Waals surface area contributed by atoms with E-state index in [9.17, 15) is 14.4 Å². The van der Waals surface area contributed by atoms with Gasteiger partial charge in [-0.2, -0.15) is 5.10 Å². The molecule has 1 atom stereocenters. The largest absolute Gasteiger partial charge is 0.326 e. The number of nitrogens with zero attached hydrogens (tertiary/aromatic N) is 2. The summed E-state index contributed by atoms with van der Waals surface area (Å²) in [6.07, 6.45) is 0.690. The van der Waals surface area contributed by atoms with Crippen LogP contribution in [0.5, 0.6) is 0 Å². The molecular weight excluding hydrogens is 334 g/mol. The lowest BCUT2D eigenvalue weighted by Crippen LogP contribution is -2.45. The van der Waals surface area contributed by atoms with Crippen LogP contribution < -0.4 is 16.2 Å². The molecule has 2 aromatic rings. The maximum atomic E-state index is 12.5. The smallest absolute Gasteiger partial charge is 0.264 e. The van der Waals surface area contributed by atoms with Crippen LogP contribution in [0, 0.1) is 0 Å². The molecule has 3 rings (SSSR count). The van der Waals surface area contributed by atoms with Crippen LogP contribution in [0.3, 0.4) is 0 Å². The molecule has 2 amide bonds. The highest BCUT2D eigenvalue weighted by atomic mass is 16.2. The minimum atomic E-state index is -0.350. The Morgan fingerprint density at radius 2 is 1.85 bits per heavy atom. The molecular formula is C18H21N5O3. The van der Waals surface area contributed by atoms with Crippen LogP contribution in [0.1, 0.15) is 25.1 Å². The molecule has 8 nitrogen and oxygen atoms in total. The quantitative estimate of drug-likeness (QED) is 0.762. The molecule has 0 fully saturated rings. The molecule has 136 valence electrons. The lowest BCUT2D eigenvalue weighted by molar-refractivity contribution is -0.121. The van der Waals surface area contributed by atoms with Crippen LogP contribution in [-0.4, -0.2) is 39.5 Å². The van der Waals surface area contributed by atoms with Crippen molar-refractivity contribution in [3.05, 3.63) is 51.9 Å². The van der Waals surface area contributed by atoms with Gasteiger partial charge in [0.05, 0.1) is 11.7 Å². The third-order valence-electron chi connectivity index (χ3n) is 4.39. The number of fused-ring (bicyclic) bond motifs is 1. The first-order valence-corrected chi connectivity index (χ1v) is 8.42. The molecule has 0 unspecified atom stereocenters. The van der Waals surface area contributed by atoms with Gasteiger partial charge in [0, 0.05) is 43.9 Å². The number of anilines is 2. The fourth-order valence-corrected chi connectivity index (χ4v) is 2.95. The number of carbonyl (C=O) groups excluding carboxylic acids is 2. The van der Waals surface area contributed by atoms with Crippen LogP contribution in [0.4, 0.5) is 11.4 Å². The van der Waals surface area contributed by atoms with E-state index in [1.165, 1.54) is 6.92 Å². The van der Waals surface area contributed by atoms with E-state index in [1.807, 2.05) is 11.8 Å². The van der Waals surface area contributed by atoms with Crippen LogP contribution in [-0.2, 0) is 22.6 Å². The van der Waals surface area contributed by atoms with Crippen molar-refractivity contribution in [2.24, 2.45) is 0 Å². The van der Waals surface area contributed by atoms with Gasteiger partial charge >= 0.3 is 0 Å². The number of hydrogen-bond acceptors (Lipinski definition) is 5. The maximum Gasteiger partial charge on any atom is 0.264 e. The molecule has 0 saturated carbocycles. The molecule has 0 radical (unpaired) electrons. The average molecular weight is 355 g/mol. The van der Waals surface area contributed by atoms with E-state index in [-0.39, 0.29) is 23.4 Å². The van der Waals surface area contributed by atoms with Gasteiger partial charge in [-0.05, 0) is 36.8 Å². The van der Waals surface area contributed by atoms with Crippen molar-refractivity contribution in [2.45, 2.75) is 32.9 Å². The first-order valence-electron chi connectivity index (χ1n) is 8.42. The number of aromatic nitrogens is 2. The van der Waals surface area contributed by atoms with Gasteiger partial charge in [0.25, 0.3) is 5.56 Å². The van der Waals surface area contributed by atoms with Gasteiger partial charge in [-0.1, -0.05) is 0 Å². The Bertz CT molecular complexity index is 875. The lowest BCUT2D eigenvalue weighted by atomic mass is 10.0. The summed E-state index contributed by atoms with van der Waals surface area (Å²) >= 11 is 0. The summed E-state index contributed by atoms with van der Waals surface area (Å²) in [4.78, 5) is 37.0. The molecule has 1 aliphatic heterocycles. The van der Waals surface area contributed by atoms with Crippen molar-refractivity contribution in [1.82, 2.24) is 15.1 Å². The highest BCUT2D eigenvalue weighted by Gasteiger charge is 2.26. The monoisotopic (exact) mass is 355 g/mol. The van der Waals surface area contributed by atoms with Gasteiger partial charge in [-0.25, -0.2) is 5.10 Å². The van der Waals surface area contributed by atoms with Gasteiger partial charge in [-0.15, -0.1) is 0 Å². The van der Waals surface area contributed by atoms with Crippen molar-refractivity contribution in [1.29, 1.82) is 0 Å². The molecule has 1 aromatic heterocycles. The van der Waals surface area contributed by atoms with E-state index in [2.05, 4.69) is 20.8 Å². The van der Waals surface area contributed by atoms with Gasteiger partial charge in [0.15, 0.2) is 0 Å².